The summed E-state index contributed by atoms with van der Waals surface area (Å²) in [6.07, 6.45) is 4.39. The van der Waals surface area contributed by atoms with Crippen LogP contribution < -0.4 is 16.4 Å². The first-order chi connectivity index (χ1) is 9.49. The highest BCUT2D eigenvalue weighted by Gasteiger charge is 2.26. The highest BCUT2D eigenvalue weighted by molar-refractivity contribution is 7.80. The Hall–Kier alpha value is -1.33. The zero-order valence-electron chi connectivity index (χ0n) is 11.1. The molecule has 0 radical (unpaired) electrons. The number of carbonyl (C=O) groups is 1. The van der Waals surface area contributed by atoms with Crippen LogP contribution in [0, 0.1) is 0 Å². The van der Waals surface area contributed by atoms with E-state index in [1.165, 1.54) is 0 Å². The van der Waals surface area contributed by atoms with Gasteiger partial charge in [0.2, 0.25) is 5.91 Å². The van der Waals surface area contributed by atoms with Crippen LogP contribution in [-0.4, -0.2) is 23.5 Å². The predicted octanol–water partition coefficient (Wildman–Crippen LogP) is 2.21. The third-order valence-corrected chi connectivity index (χ3v) is 4.08. The van der Waals surface area contributed by atoms with Gasteiger partial charge in [-0.25, -0.2) is 0 Å². The topological polar surface area (TPSA) is 72.4 Å². The van der Waals surface area contributed by atoms with Crippen molar-refractivity contribution in [3.63, 3.8) is 0 Å². The Morgan fingerprint density at radius 2 is 2.00 bits per heavy atom. The molecule has 0 bridgehead atoms. The number of hydrogen-bond donors (Lipinski definition) is 2. The van der Waals surface area contributed by atoms with E-state index in [1.807, 2.05) is 4.90 Å². The van der Waals surface area contributed by atoms with Crippen molar-refractivity contribution in [2.75, 3.05) is 11.4 Å². The number of nitrogens with zero attached hydrogens (tertiary/aromatic N) is 1. The Morgan fingerprint density at radius 3 is 2.55 bits per heavy atom. The van der Waals surface area contributed by atoms with Crippen LogP contribution in [0.4, 0.5) is 5.69 Å². The molecule has 0 aliphatic heterocycles. The molecule has 108 valence electrons. The Balaban J connectivity index is 2.43. The normalized spacial score (nSPS) is 15.2. The van der Waals surface area contributed by atoms with Gasteiger partial charge in [-0.15, -0.1) is 0 Å². The van der Waals surface area contributed by atoms with Crippen LogP contribution in [0.5, 0.6) is 0 Å². The van der Waals surface area contributed by atoms with Crippen LogP contribution in [-0.2, 0) is 4.79 Å². The minimum Gasteiger partial charge on any atom is -0.389 e. The molecule has 1 aromatic rings. The summed E-state index contributed by atoms with van der Waals surface area (Å²) in [4.78, 5) is 13.7. The molecule has 4 N–H and O–H groups in total. The lowest BCUT2D eigenvalue weighted by molar-refractivity contribution is -0.116. The van der Waals surface area contributed by atoms with E-state index in [-0.39, 0.29) is 18.5 Å². The minimum atomic E-state index is -0.370. The van der Waals surface area contributed by atoms with Gasteiger partial charge in [0.05, 0.1) is 6.54 Å². The SMILES string of the molecule is NC(=O)CN(c1cc(Cl)ccc1C(N)=S)C1CCCC1. The van der Waals surface area contributed by atoms with Crippen molar-refractivity contribution in [1.82, 2.24) is 0 Å². The summed E-state index contributed by atoms with van der Waals surface area (Å²) in [6, 6.07) is 5.63. The molecule has 0 unspecified atom stereocenters. The molecule has 0 heterocycles. The zero-order valence-corrected chi connectivity index (χ0v) is 12.7. The summed E-state index contributed by atoms with van der Waals surface area (Å²) in [5.74, 6) is -0.370. The lowest BCUT2D eigenvalue weighted by atomic mass is 10.1. The highest BCUT2D eigenvalue weighted by Crippen LogP contribution is 2.32. The Kier molecular flexibility index (Phi) is 4.83. The van der Waals surface area contributed by atoms with Gasteiger partial charge < -0.3 is 16.4 Å². The molecule has 0 aromatic heterocycles. The highest BCUT2D eigenvalue weighted by atomic mass is 35.5. The van der Waals surface area contributed by atoms with E-state index in [9.17, 15) is 4.79 Å². The van der Waals surface area contributed by atoms with Crippen LogP contribution in [0.15, 0.2) is 18.2 Å². The Morgan fingerprint density at radius 1 is 1.35 bits per heavy atom. The molecule has 0 atom stereocenters. The summed E-state index contributed by atoms with van der Waals surface area (Å²) in [6.45, 7) is 0.153. The van der Waals surface area contributed by atoms with Gasteiger partial charge in [-0.05, 0) is 31.0 Å². The van der Waals surface area contributed by atoms with Crippen LogP contribution >= 0.6 is 23.8 Å². The molecule has 1 aromatic carbocycles. The molecule has 4 nitrogen and oxygen atoms in total. The van der Waals surface area contributed by atoms with Crippen molar-refractivity contribution in [3.8, 4) is 0 Å². The van der Waals surface area contributed by atoms with Crippen molar-refractivity contribution >= 4 is 40.4 Å². The molecule has 1 saturated carbocycles. The maximum absolute atomic E-state index is 11.4. The maximum atomic E-state index is 11.4. The number of anilines is 1. The van der Waals surface area contributed by atoms with E-state index >= 15 is 0 Å². The largest absolute Gasteiger partial charge is 0.389 e. The fourth-order valence-electron chi connectivity index (χ4n) is 2.75. The average Bonchev–Trinajstić information content (AvgIpc) is 2.88. The van der Waals surface area contributed by atoms with Gasteiger partial charge in [0.25, 0.3) is 0 Å². The van der Waals surface area contributed by atoms with Gasteiger partial charge >= 0.3 is 0 Å². The smallest absolute Gasteiger partial charge is 0.236 e. The van der Waals surface area contributed by atoms with E-state index < -0.39 is 0 Å². The van der Waals surface area contributed by atoms with Crippen LogP contribution in [0.2, 0.25) is 5.02 Å². The monoisotopic (exact) mass is 311 g/mol. The number of nitrogens with two attached hydrogens (primary N) is 2. The van der Waals surface area contributed by atoms with E-state index in [0.717, 1.165) is 36.9 Å². The Labute approximate surface area is 129 Å². The summed E-state index contributed by atoms with van der Waals surface area (Å²) in [5, 5.41) is 0.590. The van der Waals surface area contributed by atoms with Crippen molar-refractivity contribution in [1.29, 1.82) is 0 Å². The van der Waals surface area contributed by atoms with Gasteiger partial charge in [-0.3, -0.25) is 4.79 Å². The van der Waals surface area contributed by atoms with Crippen LogP contribution in [0.3, 0.4) is 0 Å². The number of halogens is 1. The summed E-state index contributed by atoms with van der Waals surface area (Å²) in [7, 11) is 0. The molecular weight excluding hydrogens is 294 g/mol. The molecular formula is C14H18ClN3OS. The molecule has 6 heteroatoms. The van der Waals surface area contributed by atoms with Crippen LogP contribution in [0.1, 0.15) is 31.2 Å². The molecule has 1 amide bonds. The average molecular weight is 312 g/mol. The van der Waals surface area contributed by atoms with Gasteiger partial charge in [0.1, 0.15) is 4.99 Å². The van der Waals surface area contributed by atoms with Crippen LogP contribution in [0.25, 0.3) is 0 Å². The third-order valence-electron chi connectivity index (χ3n) is 3.63. The van der Waals surface area contributed by atoms with Crippen molar-refractivity contribution < 1.29 is 4.79 Å². The van der Waals surface area contributed by atoms with E-state index in [4.69, 9.17) is 35.3 Å². The standard InChI is InChI=1S/C14H18ClN3OS/c15-9-5-6-11(14(17)20)12(7-9)18(8-13(16)19)10-3-1-2-4-10/h5-7,10H,1-4,8H2,(H2,16,19)(H2,17,20). The maximum Gasteiger partial charge on any atom is 0.236 e. The van der Waals surface area contributed by atoms with E-state index in [0.29, 0.717) is 10.0 Å². The lowest BCUT2D eigenvalue weighted by Crippen LogP contribution is -2.41. The van der Waals surface area contributed by atoms with E-state index in [1.54, 1.807) is 18.2 Å². The number of amides is 1. The van der Waals surface area contributed by atoms with Gasteiger partial charge in [-0.1, -0.05) is 36.7 Å². The lowest BCUT2D eigenvalue weighted by Gasteiger charge is -2.31. The quantitative estimate of drug-likeness (QED) is 0.818. The summed E-state index contributed by atoms with van der Waals surface area (Å²) in [5.41, 5.74) is 12.7. The first-order valence-corrected chi connectivity index (χ1v) is 7.42. The minimum absolute atomic E-state index is 0.153. The van der Waals surface area contributed by atoms with Crippen molar-refractivity contribution in [3.05, 3.63) is 28.8 Å². The fourth-order valence-corrected chi connectivity index (χ4v) is 3.08. The molecule has 20 heavy (non-hydrogen) atoms. The first-order valence-electron chi connectivity index (χ1n) is 6.63. The molecule has 1 fully saturated rings. The number of carbonyl (C=O) groups excluding carboxylic acids is 1. The number of thiocarbonyl (C=S) groups is 1. The molecule has 0 saturated heterocycles. The number of hydrogen-bond acceptors (Lipinski definition) is 3. The molecule has 1 aliphatic rings. The molecule has 1 aliphatic carbocycles. The Bertz CT molecular complexity index is 529. The molecule has 2 rings (SSSR count). The first kappa shape index (κ1) is 15.1. The molecule has 0 spiro atoms. The summed E-state index contributed by atoms with van der Waals surface area (Å²) < 4.78 is 0. The number of rotatable bonds is 5. The second-order valence-electron chi connectivity index (χ2n) is 5.06. The number of primary amides is 1. The van der Waals surface area contributed by atoms with Crippen molar-refractivity contribution in [2.24, 2.45) is 11.5 Å². The van der Waals surface area contributed by atoms with Crippen molar-refractivity contribution in [2.45, 2.75) is 31.7 Å². The fraction of sp³-hybridized carbons (Fsp3) is 0.429. The second-order valence-corrected chi connectivity index (χ2v) is 5.93. The number of benzene rings is 1. The van der Waals surface area contributed by atoms with Gasteiger partial charge in [-0.2, -0.15) is 0 Å². The zero-order chi connectivity index (χ0) is 14.7. The van der Waals surface area contributed by atoms with E-state index in [2.05, 4.69) is 0 Å². The van der Waals surface area contributed by atoms with Gasteiger partial charge in [0, 0.05) is 22.3 Å². The summed E-state index contributed by atoms with van der Waals surface area (Å²) >= 11 is 11.2. The predicted molar refractivity (Wildman–Crippen MR) is 86.1 cm³/mol. The van der Waals surface area contributed by atoms with Gasteiger partial charge in [0.15, 0.2) is 0 Å². The second kappa shape index (κ2) is 6.41. The third kappa shape index (κ3) is 3.41.